The minimum atomic E-state index is 0.482. The molecular weight excluding hydrogens is 999 g/mol. The lowest BCUT2D eigenvalue weighted by Gasteiger charge is -2.29. The predicted octanol–water partition coefficient (Wildman–Crippen LogP) is 19.0. The summed E-state index contributed by atoms with van der Waals surface area (Å²) >= 11 is 0. The summed E-state index contributed by atoms with van der Waals surface area (Å²) in [6, 6.07) is 87.9. The fourth-order valence-electron chi connectivity index (χ4n) is 13.3. The Morgan fingerprint density at radius 1 is 0.293 bits per heavy atom. The Bertz CT molecular complexity index is 5330. The first-order valence-corrected chi connectivity index (χ1v) is 28.0. The van der Waals surface area contributed by atoms with Crippen molar-refractivity contribution in [3.63, 3.8) is 0 Å². The number of hydrogen-bond acceptors (Lipinski definition) is 3. The smallest absolute Gasteiger partial charge is 0.160 e. The number of para-hydroxylation sites is 4. The Hall–Kier alpha value is -10.8. The largest absolute Gasteiger partial charge is 0.307 e. The normalized spacial score (nSPS) is 11.9. The van der Waals surface area contributed by atoms with Crippen LogP contribution in [0.25, 0.3) is 144 Å². The average Bonchev–Trinajstić information content (AvgIpc) is 1.80. The molecule has 0 saturated heterocycles. The standard InChI is InChI=1S/C75H51N7/c1-45-31-35-66-55(39-45)51-23-11-15-27-62(51)79(66)71-59(44-76)72(80-63-28-16-12-24-52(63)56-40-46(2)32-36-67(56)80)74(82-65-30-18-14-26-54(65)58-42-48(4)34-38-69(58)82)73(81-64-29-17-13-25-53(64)57-41-47(3)33-37-68(57)81)70(71)61-43-60(49-19-7-5-8-20-49)77-75(78-61)50-21-9-6-10-22-50/h5-43H,1-4H3. The van der Waals surface area contributed by atoms with Crippen LogP contribution < -0.4 is 0 Å². The van der Waals surface area contributed by atoms with Crippen molar-refractivity contribution < 1.29 is 0 Å². The van der Waals surface area contributed by atoms with Gasteiger partial charge < -0.3 is 18.3 Å². The van der Waals surface area contributed by atoms with E-state index in [9.17, 15) is 5.26 Å². The zero-order chi connectivity index (χ0) is 54.9. The maximum absolute atomic E-state index is 13.1. The Morgan fingerprint density at radius 3 is 1.04 bits per heavy atom. The van der Waals surface area contributed by atoms with E-state index >= 15 is 0 Å². The van der Waals surface area contributed by atoms with Gasteiger partial charge in [0.25, 0.3) is 0 Å². The number of nitrogens with zero attached hydrogens (tertiary/aromatic N) is 7. The van der Waals surface area contributed by atoms with Gasteiger partial charge >= 0.3 is 0 Å². The number of rotatable bonds is 7. The van der Waals surface area contributed by atoms with Gasteiger partial charge in [0.05, 0.1) is 83.8 Å². The van der Waals surface area contributed by atoms with Crippen LogP contribution in [0.1, 0.15) is 27.8 Å². The van der Waals surface area contributed by atoms with Gasteiger partial charge in [-0.25, -0.2) is 9.97 Å². The quantitative estimate of drug-likeness (QED) is 0.160. The third-order valence-electron chi connectivity index (χ3n) is 16.8. The third kappa shape index (κ3) is 6.95. The summed E-state index contributed by atoms with van der Waals surface area (Å²) in [5.74, 6) is 0.568. The second-order valence-corrected chi connectivity index (χ2v) is 21.9. The summed E-state index contributed by atoms with van der Waals surface area (Å²) < 4.78 is 9.70. The molecule has 0 saturated carbocycles. The molecular formula is C75H51N7. The Kier molecular flexibility index (Phi) is 10.4. The summed E-state index contributed by atoms with van der Waals surface area (Å²) in [5.41, 5.74) is 20.2. The van der Waals surface area contributed by atoms with Crippen LogP contribution in [0.5, 0.6) is 0 Å². The van der Waals surface area contributed by atoms with Gasteiger partial charge in [-0.05, 0) is 107 Å². The molecule has 0 aliphatic rings. The number of aryl methyl sites for hydroxylation is 4. The molecule has 0 bridgehead atoms. The van der Waals surface area contributed by atoms with Gasteiger partial charge in [0, 0.05) is 54.2 Å². The van der Waals surface area contributed by atoms with E-state index in [4.69, 9.17) is 9.97 Å². The molecule has 0 spiro atoms. The zero-order valence-electron chi connectivity index (χ0n) is 45.6. The summed E-state index contributed by atoms with van der Waals surface area (Å²) in [6.45, 7) is 8.65. The first kappa shape index (κ1) is 47.2. The number of aromatic nitrogens is 6. The van der Waals surface area contributed by atoms with Crippen LogP contribution >= 0.6 is 0 Å². The predicted molar refractivity (Wildman–Crippen MR) is 339 cm³/mol. The van der Waals surface area contributed by atoms with Gasteiger partial charge in [0.15, 0.2) is 5.82 Å². The Balaban J connectivity index is 1.28. The molecule has 0 atom stereocenters. The van der Waals surface area contributed by atoms with E-state index in [2.05, 4.69) is 264 Å². The van der Waals surface area contributed by atoms with E-state index in [0.717, 1.165) is 149 Å². The molecule has 5 aromatic heterocycles. The fraction of sp³-hybridized carbons (Fsp3) is 0.0533. The number of hydrogen-bond donors (Lipinski definition) is 0. The van der Waals surface area contributed by atoms with Crippen LogP contribution in [0.2, 0.25) is 0 Å². The van der Waals surface area contributed by atoms with Crippen molar-refractivity contribution in [1.29, 1.82) is 5.26 Å². The molecule has 0 unspecified atom stereocenters. The average molecular weight is 1050 g/mol. The Morgan fingerprint density at radius 2 is 0.622 bits per heavy atom. The van der Waals surface area contributed by atoms with Crippen molar-refractivity contribution in [3.05, 3.63) is 264 Å². The highest BCUT2D eigenvalue weighted by Crippen LogP contribution is 2.52. The summed E-state index contributed by atoms with van der Waals surface area (Å²) in [4.78, 5) is 11.3. The molecule has 0 aliphatic carbocycles. The lowest BCUT2D eigenvalue weighted by molar-refractivity contribution is 1.03. The van der Waals surface area contributed by atoms with Gasteiger partial charge in [-0.15, -0.1) is 0 Å². The fourth-order valence-corrected chi connectivity index (χ4v) is 13.3. The van der Waals surface area contributed by atoms with Crippen molar-refractivity contribution in [2.45, 2.75) is 27.7 Å². The molecule has 7 heteroatoms. The van der Waals surface area contributed by atoms with Crippen LogP contribution in [-0.4, -0.2) is 28.2 Å². The van der Waals surface area contributed by atoms with Gasteiger partial charge in [-0.1, -0.05) is 180 Å². The van der Waals surface area contributed by atoms with Gasteiger partial charge in [-0.2, -0.15) is 5.26 Å². The van der Waals surface area contributed by atoms with E-state index in [-0.39, 0.29) is 0 Å². The van der Waals surface area contributed by atoms with Gasteiger partial charge in [-0.3, -0.25) is 0 Å². The van der Waals surface area contributed by atoms with E-state index in [1.165, 1.54) is 0 Å². The third-order valence-corrected chi connectivity index (χ3v) is 16.8. The first-order valence-electron chi connectivity index (χ1n) is 28.0. The van der Waals surface area contributed by atoms with E-state index in [0.29, 0.717) is 22.8 Å². The number of fused-ring (bicyclic) bond motifs is 12. The molecule has 7 nitrogen and oxygen atoms in total. The highest BCUT2D eigenvalue weighted by molar-refractivity contribution is 6.17. The number of nitriles is 1. The van der Waals surface area contributed by atoms with Crippen molar-refractivity contribution in [2.24, 2.45) is 0 Å². The van der Waals surface area contributed by atoms with Crippen molar-refractivity contribution in [1.82, 2.24) is 28.2 Å². The molecule has 82 heavy (non-hydrogen) atoms. The van der Waals surface area contributed by atoms with Crippen molar-refractivity contribution >= 4 is 87.2 Å². The van der Waals surface area contributed by atoms with E-state index in [1.54, 1.807) is 0 Å². The minimum absolute atomic E-state index is 0.482. The lowest BCUT2D eigenvalue weighted by Crippen LogP contribution is -2.17. The molecule has 0 aliphatic heterocycles. The molecule has 0 N–H and O–H groups in total. The van der Waals surface area contributed by atoms with Gasteiger partial charge in [0.1, 0.15) is 11.6 Å². The molecule has 5 heterocycles. The highest BCUT2D eigenvalue weighted by Gasteiger charge is 2.36. The van der Waals surface area contributed by atoms with Crippen LogP contribution in [0.4, 0.5) is 0 Å². The number of benzene rings is 11. The van der Waals surface area contributed by atoms with Crippen LogP contribution in [0, 0.1) is 39.0 Å². The maximum atomic E-state index is 13.1. The van der Waals surface area contributed by atoms with Gasteiger partial charge in [0.2, 0.25) is 0 Å². The second-order valence-electron chi connectivity index (χ2n) is 21.9. The molecule has 16 rings (SSSR count). The van der Waals surface area contributed by atoms with Crippen LogP contribution in [0.15, 0.2) is 237 Å². The molecule has 11 aromatic carbocycles. The maximum Gasteiger partial charge on any atom is 0.160 e. The van der Waals surface area contributed by atoms with E-state index in [1.807, 2.05) is 24.3 Å². The van der Waals surface area contributed by atoms with Crippen molar-refractivity contribution in [3.8, 4) is 62.7 Å². The Labute approximate surface area is 473 Å². The summed E-state index contributed by atoms with van der Waals surface area (Å²) in [6.07, 6.45) is 0. The first-order chi connectivity index (χ1) is 40.3. The van der Waals surface area contributed by atoms with Crippen LogP contribution in [0.3, 0.4) is 0 Å². The molecule has 386 valence electrons. The molecule has 16 aromatic rings. The van der Waals surface area contributed by atoms with Crippen LogP contribution in [-0.2, 0) is 0 Å². The van der Waals surface area contributed by atoms with Crippen molar-refractivity contribution in [2.75, 3.05) is 0 Å². The monoisotopic (exact) mass is 1050 g/mol. The summed E-state index contributed by atoms with van der Waals surface area (Å²) in [5, 5.41) is 21.9. The van der Waals surface area contributed by atoms with E-state index < -0.39 is 0 Å². The zero-order valence-corrected chi connectivity index (χ0v) is 45.6. The lowest BCUT2D eigenvalue weighted by atomic mass is 9.94. The summed E-state index contributed by atoms with van der Waals surface area (Å²) in [7, 11) is 0. The SMILES string of the molecule is Cc1ccc2c(c1)c1ccccc1n2-c1c(C#N)c(-n2c3ccccc3c3cc(C)ccc32)c(-n2c3ccccc3c3cc(C)ccc32)c(-n2c3ccccc3c3cc(C)ccc32)c1-c1cc(-c2ccccc2)nc(-c2ccccc2)n1. The molecule has 0 amide bonds. The highest BCUT2D eigenvalue weighted by atomic mass is 15.1. The molecule has 0 radical (unpaired) electrons. The minimum Gasteiger partial charge on any atom is -0.307 e. The molecule has 0 fully saturated rings. The topological polar surface area (TPSA) is 69.3 Å². The second kappa shape index (κ2) is 18.1.